The van der Waals surface area contributed by atoms with Gasteiger partial charge < -0.3 is 14.8 Å². The maximum absolute atomic E-state index is 13.0. The van der Waals surface area contributed by atoms with Crippen LogP contribution >= 0.6 is 68.4 Å². The van der Waals surface area contributed by atoms with Crippen molar-refractivity contribution < 1.29 is 19.1 Å². The number of carbonyl (C=O) groups is 2. The first-order chi connectivity index (χ1) is 20.0. The van der Waals surface area contributed by atoms with Gasteiger partial charge in [-0.2, -0.15) is 10.4 Å². The van der Waals surface area contributed by atoms with Crippen molar-refractivity contribution in [3.05, 3.63) is 88.5 Å². The summed E-state index contributed by atoms with van der Waals surface area (Å²) in [5, 5.41) is 16.6. The van der Waals surface area contributed by atoms with Crippen molar-refractivity contribution in [2.75, 3.05) is 0 Å². The fraction of sp³-hybridized carbons (Fsp3) is 0.267. The molecule has 0 saturated heterocycles. The SMILES string of the molecule is CC(C)C[C@@H](NC(=O)[C@@H](C)Oc1ccc(Cl)cc1Cl)C(=O)N/N=C\c1cc(I)c(OCc2ccc(C#N)cc2)c(I)c1. The van der Waals surface area contributed by atoms with Gasteiger partial charge >= 0.3 is 0 Å². The second kappa shape index (κ2) is 16.3. The molecule has 0 saturated carbocycles. The Labute approximate surface area is 282 Å². The lowest BCUT2D eigenvalue weighted by Crippen LogP contribution is -2.49. The van der Waals surface area contributed by atoms with Crippen LogP contribution in [-0.4, -0.2) is 30.2 Å². The van der Waals surface area contributed by atoms with Gasteiger partial charge in [-0.25, -0.2) is 5.43 Å². The molecule has 0 spiro atoms. The van der Waals surface area contributed by atoms with E-state index in [9.17, 15) is 9.59 Å². The van der Waals surface area contributed by atoms with Gasteiger partial charge in [0.15, 0.2) is 6.10 Å². The minimum absolute atomic E-state index is 0.131. The van der Waals surface area contributed by atoms with E-state index in [1.165, 1.54) is 12.3 Å². The molecule has 220 valence electrons. The quantitative estimate of drug-likeness (QED) is 0.115. The van der Waals surface area contributed by atoms with Gasteiger partial charge in [-0.05, 0) is 118 Å². The molecule has 0 heterocycles. The first kappa shape index (κ1) is 33.9. The highest BCUT2D eigenvalue weighted by molar-refractivity contribution is 14.1. The molecule has 8 nitrogen and oxygen atoms in total. The van der Waals surface area contributed by atoms with Gasteiger partial charge in [-0.15, -0.1) is 0 Å². The van der Waals surface area contributed by atoms with E-state index in [4.69, 9.17) is 37.9 Å². The number of hydrogen-bond donors (Lipinski definition) is 2. The molecule has 0 bridgehead atoms. The van der Waals surface area contributed by atoms with Gasteiger partial charge in [0.05, 0.1) is 30.0 Å². The van der Waals surface area contributed by atoms with E-state index in [0.29, 0.717) is 29.4 Å². The smallest absolute Gasteiger partial charge is 0.262 e. The first-order valence-corrected chi connectivity index (χ1v) is 15.7. The standard InChI is InChI=1S/C30H28Cl2I2N4O4/c1-17(2)10-26(37-29(39)18(3)42-27-9-8-22(31)13-23(27)32)30(40)38-36-15-21-11-24(33)28(25(34)12-21)41-16-20-6-4-19(14-35)5-7-20/h4-9,11-13,15,17-18,26H,10,16H2,1-3H3,(H,37,39)(H,38,40)/b36-15-/t18-,26-/m1/s1. The van der Waals surface area contributed by atoms with Gasteiger partial charge in [0.1, 0.15) is 24.1 Å². The van der Waals surface area contributed by atoms with Gasteiger partial charge in [-0.3, -0.25) is 9.59 Å². The third-order valence-electron chi connectivity index (χ3n) is 5.78. The Balaban J connectivity index is 1.60. The molecular formula is C30H28Cl2I2N4O4. The van der Waals surface area contributed by atoms with E-state index < -0.39 is 24.0 Å². The van der Waals surface area contributed by atoms with Crippen molar-refractivity contribution in [2.45, 2.75) is 45.9 Å². The summed E-state index contributed by atoms with van der Waals surface area (Å²) in [5.41, 5.74) is 4.85. The maximum Gasteiger partial charge on any atom is 0.262 e. The normalized spacial score (nSPS) is 12.5. The lowest BCUT2D eigenvalue weighted by Gasteiger charge is -2.22. The minimum atomic E-state index is -0.906. The van der Waals surface area contributed by atoms with Crippen LogP contribution in [0.4, 0.5) is 0 Å². The zero-order chi connectivity index (χ0) is 30.8. The molecule has 0 aromatic heterocycles. The Kier molecular flexibility index (Phi) is 13.2. The number of amides is 2. The van der Waals surface area contributed by atoms with Crippen molar-refractivity contribution in [3.63, 3.8) is 0 Å². The Hall–Kier alpha value is -2.60. The molecule has 12 heteroatoms. The topological polar surface area (TPSA) is 113 Å². The number of ether oxygens (including phenoxy) is 2. The first-order valence-electron chi connectivity index (χ1n) is 12.8. The predicted molar refractivity (Wildman–Crippen MR) is 181 cm³/mol. The van der Waals surface area contributed by atoms with Gasteiger partial charge in [0, 0.05) is 5.02 Å². The van der Waals surface area contributed by atoms with E-state index in [1.54, 1.807) is 31.2 Å². The summed E-state index contributed by atoms with van der Waals surface area (Å²) in [4.78, 5) is 25.8. The number of nitriles is 1. The molecule has 2 amide bonds. The Morgan fingerprint density at radius 3 is 2.29 bits per heavy atom. The second-order valence-corrected chi connectivity index (χ2v) is 12.8. The molecule has 2 N–H and O–H groups in total. The Morgan fingerprint density at radius 1 is 1.02 bits per heavy atom. The average molecular weight is 833 g/mol. The molecule has 3 rings (SSSR count). The second-order valence-electron chi connectivity index (χ2n) is 9.67. The molecular weight excluding hydrogens is 805 g/mol. The number of nitrogens with one attached hydrogen (secondary N) is 2. The molecule has 42 heavy (non-hydrogen) atoms. The lowest BCUT2D eigenvalue weighted by atomic mass is 10.0. The van der Waals surface area contributed by atoms with Crippen LogP contribution in [0.5, 0.6) is 11.5 Å². The highest BCUT2D eigenvalue weighted by Gasteiger charge is 2.25. The van der Waals surface area contributed by atoms with Crippen molar-refractivity contribution >= 4 is 86.4 Å². The summed E-state index contributed by atoms with van der Waals surface area (Å²) in [5.74, 6) is 0.265. The molecule has 0 aliphatic heterocycles. The number of rotatable bonds is 12. The number of hydrogen-bond acceptors (Lipinski definition) is 6. The van der Waals surface area contributed by atoms with E-state index >= 15 is 0 Å². The predicted octanol–water partition coefficient (Wildman–Crippen LogP) is 7.10. The van der Waals surface area contributed by atoms with Crippen molar-refractivity contribution in [2.24, 2.45) is 11.0 Å². The lowest BCUT2D eigenvalue weighted by molar-refractivity contribution is -0.132. The molecule has 2 atom stereocenters. The average Bonchev–Trinajstić information content (AvgIpc) is 2.93. The van der Waals surface area contributed by atoms with Crippen LogP contribution in [0.15, 0.2) is 59.7 Å². The summed E-state index contributed by atoms with van der Waals surface area (Å²) in [6.45, 7) is 5.85. The van der Waals surface area contributed by atoms with Crippen molar-refractivity contribution in [1.82, 2.24) is 10.7 Å². The van der Waals surface area contributed by atoms with Crippen molar-refractivity contribution in [3.8, 4) is 17.6 Å². The minimum Gasteiger partial charge on any atom is -0.487 e. The van der Waals surface area contributed by atoms with Crippen LogP contribution < -0.4 is 20.2 Å². The molecule has 3 aromatic carbocycles. The highest BCUT2D eigenvalue weighted by atomic mass is 127. The number of halogens is 4. The zero-order valence-corrected chi connectivity index (χ0v) is 28.8. The number of benzene rings is 3. The molecule has 0 aliphatic carbocycles. The summed E-state index contributed by atoms with van der Waals surface area (Å²) < 4.78 is 13.5. The largest absolute Gasteiger partial charge is 0.487 e. The van der Waals surface area contributed by atoms with E-state index in [2.05, 4.69) is 67.1 Å². The molecule has 0 unspecified atom stereocenters. The summed E-state index contributed by atoms with van der Waals surface area (Å²) in [6.07, 6.45) is 1.04. The van der Waals surface area contributed by atoms with Crippen LogP contribution in [0.2, 0.25) is 10.0 Å². The van der Waals surface area contributed by atoms with Crippen LogP contribution in [0, 0.1) is 24.4 Å². The third kappa shape index (κ3) is 10.3. The van der Waals surface area contributed by atoms with Crippen LogP contribution in [0.1, 0.15) is 43.9 Å². The van der Waals surface area contributed by atoms with Gasteiger partial charge in [0.25, 0.3) is 11.8 Å². The zero-order valence-electron chi connectivity index (χ0n) is 23.0. The fourth-order valence-electron chi connectivity index (χ4n) is 3.68. The number of carbonyl (C=O) groups excluding carboxylic acids is 2. The third-order valence-corrected chi connectivity index (χ3v) is 7.92. The monoisotopic (exact) mass is 832 g/mol. The van der Waals surface area contributed by atoms with Gasteiger partial charge in [-0.1, -0.05) is 49.2 Å². The maximum atomic E-state index is 13.0. The summed E-state index contributed by atoms with van der Waals surface area (Å²) in [7, 11) is 0. The van der Waals surface area contributed by atoms with Crippen LogP contribution in [0.25, 0.3) is 0 Å². The summed E-state index contributed by atoms with van der Waals surface area (Å²) in [6, 6.07) is 17.0. The Bertz CT molecular complexity index is 1470. The van der Waals surface area contributed by atoms with E-state index in [0.717, 1.165) is 24.0 Å². The molecule has 0 fully saturated rings. The molecule has 0 radical (unpaired) electrons. The summed E-state index contributed by atoms with van der Waals surface area (Å²) >= 11 is 16.5. The van der Waals surface area contributed by atoms with E-state index in [1.807, 2.05) is 38.1 Å². The number of nitrogens with zero attached hydrogens (tertiary/aromatic N) is 2. The highest BCUT2D eigenvalue weighted by Crippen LogP contribution is 2.30. The Morgan fingerprint density at radius 2 is 1.69 bits per heavy atom. The van der Waals surface area contributed by atoms with E-state index in [-0.39, 0.29) is 10.9 Å². The van der Waals surface area contributed by atoms with Gasteiger partial charge in [0.2, 0.25) is 0 Å². The molecule has 0 aliphatic rings. The van der Waals surface area contributed by atoms with Crippen molar-refractivity contribution in [1.29, 1.82) is 5.26 Å². The number of hydrazone groups is 1. The van der Waals surface area contributed by atoms with Crippen LogP contribution in [0.3, 0.4) is 0 Å². The molecule has 3 aromatic rings. The van der Waals surface area contributed by atoms with Crippen LogP contribution in [-0.2, 0) is 16.2 Å². The fourth-order valence-corrected chi connectivity index (χ4v) is 6.26.